The second-order valence-corrected chi connectivity index (χ2v) is 12.9. The molecule has 0 radical (unpaired) electrons. The van der Waals surface area contributed by atoms with Crippen molar-refractivity contribution in [3.05, 3.63) is 47.7 Å². The number of aliphatic hydroxyl groups excluding tert-OH is 2. The van der Waals surface area contributed by atoms with Crippen molar-refractivity contribution in [1.29, 1.82) is 0 Å². The van der Waals surface area contributed by atoms with E-state index in [0.717, 1.165) is 9.80 Å². The number of amides is 2. The van der Waals surface area contributed by atoms with Gasteiger partial charge in [-0.3, -0.25) is 9.42 Å². The van der Waals surface area contributed by atoms with E-state index in [9.17, 15) is 47.3 Å². The van der Waals surface area contributed by atoms with Crippen molar-refractivity contribution in [3.63, 3.8) is 0 Å². The molecule has 1 saturated heterocycles. The average molecular weight is 624 g/mol. The predicted molar refractivity (Wildman–Crippen MR) is 123 cm³/mol. The standard InChI is InChI=1S/C18H25F2N2O14P3/c1-11-7-21(10-18(19,20)12-5-3-2-4-6-12)17(25)22(8-11)16-15(24)14(23)13(34-16)9-33-38(29,30)36-39(31,32)35-37(26,27)28/h2-6,8,13-16,23-24H,7,9-10H2,1H3,(H,29,30)(H,31,32)(H2,26,27,28)/t13-,14+,15?,16-/m1/s1. The topological polar surface area (TPSA) is 233 Å². The fraction of sp³-hybridized carbons (Fsp3) is 0.500. The number of urea groups is 1. The van der Waals surface area contributed by atoms with Gasteiger partial charge in [0.2, 0.25) is 0 Å². The number of carbonyl (C=O) groups is 1. The van der Waals surface area contributed by atoms with Gasteiger partial charge in [0.15, 0.2) is 6.23 Å². The monoisotopic (exact) mass is 624 g/mol. The summed E-state index contributed by atoms with van der Waals surface area (Å²) in [6, 6.07) is 5.73. The molecule has 0 spiro atoms. The molecule has 3 unspecified atom stereocenters. The van der Waals surface area contributed by atoms with Crippen LogP contribution in [0, 0.1) is 0 Å². The van der Waals surface area contributed by atoms with Gasteiger partial charge >= 0.3 is 29.5 Å². The molecule has 0 bridgehead atoms. The Labute approximate surface area is 219 Å². The second-order valence-electron chi connectivity index (χ2n) is 8.52. The number of benzene rings is 1. The molecule has 0 aliphatic carbocycles. The molecule has 1 aromatic rings. The van der Waals surface area contributed by atoms with Gasteiger partial charge in [-0.25, -0.2) is 18.5 Å². The first-order valence-corrected chi connectivity index (χ1v) is 15.3. The molecule has 220 valence electrons. The highest BCUT2D eigenvalue weighted by Gasteiger charge is 2.50. The fourth-order valence-electron chi connectivity index (χ4n) is 3.75. The third-order valence-corrected chi connectivity index (χ3v) is 9.11. The molecule has 6 N–H and O–H groups in total. The van der Waals surface area contributed by atoms with Crippen LogP contribution in [0.25, 0.3) is 0 Å². The first-order valence-electron chi connectivity index (χ1n) is 10.8. The van der Waals surface area contributed by atoms with E-state index in [1.807, 2.05) is 0 Å². The van der Waals surface area contributed by atoms with Crippen LogP contribution in [0.4, 0.5) is 13.6 Å². The predicted octanol–water partition coefficient (Wildman–Crippen LogP) is 1.21. The first-order chi connectivity index (χ1) is 17.8. The van der Waals surface area contributed by atoms with E-state index in [2.05, 4.69) is 13.1 Å². The number of aliphatic hydroxyl groups is 2. The number of halogens is 2. The van der Waals surface area contributed by atoms with Crippen LogP contribution < -0.4 is 0 Å². The number of rotatable bonds is 11. The number of phosphoric acid groups is 3. The highest BCUT2D eigenvalue weighted by molar-refractivity contribution is 7.66. The van der Waals surface area contributed by atoms with Gasteiger partial charge in [-0.2, -0.15) is 17.4 Å². The Balaban J connectivity index is 1.68. The zero-order valence-electron chi connectivity index (χ0n) is 19.8. The van der Waals surface area contributed by atoms with Crippen LogP contribution in [0.5, 0.6) is 0 Å². The fourth-order valence-corrected chi connectivity index (χ4v) is 6.78. The highest BCUT2D eigenvalue weighted by atomic mass is 31.3. The number of nitrogens with zero attached hydrogens (tertiary/aromatic N) is 2. The molecule has 6 atom stereocenters. The summed E-state index contributed by atoms with van der Waals surface area (Å²) in [6.07, 6.45) is -5.90. The Morgan fingerprint density at radius 2 is 1.64 bits per heavy atom. The summed E-state index contributed by atoms with van der Waals surface area (Å²) in [4.78, 5) is 50.5. The zero-order chi connectivity index (χ0) is 29.4. The Morgan fingerprint density at radius 3 is 2.23 bits per heavy atom. The normalized spacial score (nSPS) is 27.7. The molecule has 2 aliphatic rings. The largest absolute Gasteiger partial charge is 0.490 e. The lowest BCUT2D eigenvalue weighted by atomic mass is 10.1. The SMILES string of the molecule is CC1=CN([C@@H]2O[C@H](COP(=O)(O)OP(=O)(O)OP(=O)(O)O)[C@H](O)C2O)C(=O)N(CC(F)(F)c2ccccc2)C1. The van der Waals surface area contributed by atoms with Crippen molar-refractivity contribution in [2.45, 2.75) is 37.4 Å². The number of hydrogen-bond acceptors (Lipinski definition) is 10. The summed E-state index contributed by atoms with van der Waals surface area (Å²) < 4.78 is 80.6. The molecule has 1 fully saturated rings. The summed E-state index contributed by atoms with van der Waals surface area (Å²) in [5.74, 6) is -3.44. The lowest BCUT2D eigenvalue weighted by molar-refractivity contribution is -0.0766. The van der Waals surface area contributed by atoms with Gasteiger partial charge in [0.25, 0.3) is 5.92 Å². The molecule has 2 heterocycles. The van der Waals surface area contributed by atoms with E-state index in [0.29, 0.717) is 5.57 Å². The molecule has 21 heteroatoms. The molecule has 2 amide bonds. The third-order valence-electron chi connectivity index (χ3n) is 5.31. The molecular formula is C18H25F2N2O14P3. The molecule has 2 aliphatic heterocycles. The van der Waals surface area contributed by atoms with Gasteiger partial charge in [0, 0.05) is 18.3 Å². The molecule has 1 aromatic carbocycles. The molecule has 0 saturated carbocycles. The third kappa shape index (κ3) is 8.44. The Kier molecular flexibility index (Phi) is 9.57. The van der Waals surface area contributed by atoms with Crippen molar-refractivity contribution in [2.75, 3.05) is 19.7 Å². The quantitative estimate of drug-likeness (QED) is 0.190. The van der Waals surface area contributed by atoms with Gasteiger partial charge in [-0.05, 0) is 12.5 Å². The summed E-state index contributed by atoms with van der Waals surface area (Å²) >= 11 is 0. The van der Waals surface area contributed by atoms with Gasteiger partial charge in [-0.15, -0.1) is 0 Å². The Bertz CT molecular complexity index is 1230. The van der Waals surface area contributed by atoms with Crippen LogP contribution in [0.1, 0.15) is 12.5 Å². The number of phosphoric ester groups is 1. The maximum absolute atomic E-state index is 14.8. The van der Waals surface area contributed by atoms with Crippen LogP contribution in [0.2, 0.25) is 0 Å². The van der Waals surface area contributed by atoms with E-state index >= 15 is 0 Å². The minimum Gasteiger partial charge on any atom is -0.387 e. The number of ether oxygens (including phenoxy) is 1. The van der Waals surface area contributed by atoms with E-state index < -0.39 is 73.1 Å². The molecule has 39 heavy (non-hydrogen) atoms. The van der Waals surface area contributed by atoms with Crippen LogP contribution in [0.15, 0.2) is 42.1 Å². The second kappa shape index (κ2) is 11.7. The van der Waals surface area contributed by atoms with Crippen molar-refractivity contribution >= 4 is 29.5 Å². The number of hydrogen-bond donors (Lipinski definition) is 6. The lowest BCUT2D eigenvalue weighted by Crippen LogP contribution is -2.54. The molecule has 3 rings (SSSR count). The lowest BCUT2D eigenvalue weighted by Gasteiger charge is -2.38. The van der Waals surface area contributed by atoms with Gasteiger partial charge in [-0.1, -0.05) is 30.3 Å². The summed E-state index contributed by atoms with van der Waals surface area (Å²) in [5, 5.41) is 20.8. The van der Waals surface area contributed by atoms with Crippen molar-refractivity contribution in [1.82, 2.24) is 9.80 Å². The smallest absolute Gasteiger partial charge is 0.387 e. The van der Waals surface area contributed by atoms with E-state index in [4.69, 9.17) is 14.5 Å². The van der Waals surface area contributed by atoms with Gasteiger partial charge < -0.3 is 39.4 Å². The van der Waals surface area contributed by atoms with Gasteiger partial charge in [0.05, 0.1) is 13.2 Å². The minimum atomic E-state index is -5.80. The summed E-state index contributed by atoms with van der Waals surface area (Å²) in [6.45, 7) is -0.812. The van der Waals surface area contributed by atoms with E-state index in [1.54, 1.807) is 6.07 Å². The Hall–Kier alpha value is -1.62. The summed E-state index contributed by atoms with van der Waals surface area (Å²) in [5.41, 5.74) is 0.0658. The number of carbonyl (C=O) groups excluding carboxylic acids is 1. The minimum absolute atomic E-state index is 0.182. The molecular weight excluding hydrogens is 599 g/mol. The van der Waals surface area contributed by atoms with E-state index in [-0.39, 0.29) is 12.1 Å². The van der Waals surface area contributed by atoms with Crippen LogP contribution in [0.3, 0.4) is 0 Å². The first kappa shape index (κ1) is 31.9. The van der Waals surface area contributed by atoms with E-state index in [1.165, 1.54) is 37.4 Å². The van der Waals surface area contributed by atoms with Crippen molar-refractivity contribution in [2.24, 2.45) is 0 Å². The maximum Gasteiger partial charge on any atom is 0.490 e. The van der Waals surface area contributed by atoms with Crippen LogP contribution in [-0.2, 0) is 37.5 Å². The average Bonchev–Trinajstić information content (AvgIpc) is 3.06. The van der Waals surface area contributed by atoms with Crippen LogP contribution in [-0.4, -0.2) is 89.9 Å². The van der Waals surface area contributed by atoms with Crippen LogP contribution >= 0.6 is 23.5 Å². The highest BCUT2D eigenvalue weighted by Crippen LogP contribution is 2.66. The maximum atomic E-state index is 14.8. The van der Waals surface area contributed by atoms with Gasteiger partial charge in [0.1, 0.15) is 18.3 Å². The zero-order valence-corrected chi connectivity index (χ0v) is 22.5. The molecule has 16 nitrogen and oxygen atoms in total. The van der Waals surface area contributed by atoms with Crippen molar-refractivity contribution in [3.8, 4) is 0 Å². The van der Waals surface area contributed by atoms with Crippen molar-refractivity contribution < 1.29 is 74.9 Å². The number of alkyl halides is 2. The summed E-state index contributed by atoms with van der Waals surface area (Å²) in [7, 11) is -17.0. The molecule has 0 aromatic heterocycles. The Morgan fingerprint density at radius 1 is 1.03 bits per heavy atom.